The molecule has 0 aromatic rings. The summed E-state index contributed by atoms with van der Waals surface area (Å²) in [5.41, 5.74) is 0. The topological polar surface area (TPSA) is 0 Å². The monoisotopic (exact) mass is 498 g/mol. The van der Waals surface area contributed by atoms with Gasteiger partial charge in [0.25, 0.3) is 0 Å². The molecule has 0 amide bonds. The predicted molar refractivity (Wildman–Crippen MR) is 92.2 cm³/mol. The van der Waals surface area contributed by atoms with E-state index in [1.165, 1.54) is 32.2 Å². The number of halogens is 2. The van der Waals surface area contributed by atoms with E-state index in [-0.39, 0.29) is 0 Å². The fourth-order valence-electron chi connectivity index (χ4n) is 3.01. The van der Waals surface area contributed by atoms with Gasteiger partial charge in [0.05, 0.1) is 0 Å². The molecule has 0 fully saturated rings. The van der Waals surface area contributed by atoms with E-state index in [1.807, 2.05) is 0 Å². The third-order valence-corrected chi connectivity index (χ3v) is 31.2. The molecule has 0 rings (SSSR count). The van der Waals surface area contributed by atoms with Crippen LogP contribution in [0.1, 0.15) is 53.4 Å². The van der Waals surface area contributed by atoms with E-state index >= 15 is 0 Å². The summed E-state index contributed by atoms with van der Waals surface area (Å²) in [6, 6.07) is 0. The first kappa shape index (κ1) is 17.0. The normalized spacial score (nSPS) is 12.8. The number of alkyl halides is 2. The molecule has 0 spiro atoms. The van der Waals surface area contributed by atoms with Gasteiger partial charge in [0.15, 0.2) is 0 Å². The zero-order chi connectivity index (χ0) is 11.9. The standard InChI is InChI=1S/C12H26GeI2/c1-5-11(6-2)13(9-14,10-15)12(7-3)8-4/h11-12H,5-10H2,1-4H3. The van der Waals surface area contributed by atoms with Crippen molar-refractivity contribution in [3.63, 3.8) is 0 Å². The summed E-state index contributed by atoms with van der Waals surface area (Å²) >= 11 is 3.81. The molecular weight excluding hydrogens is 471 g/mol. The van der Waals surface area contributed by atoms with Gasteiger partial charge in [-0.15, -0.1) is 0 Å². The molecule has 0 radical (unpaired) electrons. The number of hydrogen-bond acceptors (Lipinski definition) is 0. The van der Waals surface area contributed by atoms with Gasteiger partial charge >= 0.3 is 128 Å². The van der Waals surface area contributed by atoms with Gasteiger partial charge in [0, 0.05) is 0 Å². The van der Waals surface area contributed by atoms with E-state index in [4.69, 9.17) is 0 Å². The summed E-state index contributed by atoms with van der Waals surface area (Å²) in [6.07, 6.45) is 5.72. The molecule has 0 aliphatic carbocycles. The molecule has 3 heteroatoms. The van der Waals surface area contributed by atoms with E-state index in [2.05, 4.69) is 72.9 Å². The molecule has 0 bridgehead atoms. The first-order valence-corrected chi connectivity index (χ1v) is 14.7. The van der Waals surface area contributed by atoms with E-state index in [9.17, 15) is 0 Å². The predicted octanol–water partition coefficient (Wildman–Crippen LogP) is 5.76. The van der Waals surface area contributed by atoms with Crippen LogP contribution < -0.4 is 0 Å². The fraction of sp³-hybridized carbons (Fsp3) is 1.00. The van der Waals surface area contributed by atoms with Crippen LogP contribution in [0.5, 0.6) is 0 Å². The van der Waals surface area contributed by atoms with Gasteiger partial charge in [-0.3, -0.25) is 0 Å². The van der Waals surface area contributed by atoms with Crippen LogP contribution in [-0.4, -0.2) is 19.8 Å². The number of hydrogen-bond donors (Lipinski definition) is 0. The Morgan fingerprint density at radius 1 is 0.733 bits per heavy atom. The molecule has 0 aliphatic rings. The Morgan fingerprint density at radius 3 is 1.13 bits per heavy atom. The zero-order valence-corrected chi connectivity index (χ0v) is 17.1. The molecule has 0 aromatic heterocycles. The van der Waals surface area contributed by atoms with Crippen molar-refractivity contribution in [3.8, 4) is 0 Å². The second-order valence-corrected chi connectivity index (χ2v) is 22.2. The molecule has 0 saturated heterocycles. The van der Waals surface area contributed by atoms with Gasteiger partial charge in [-0.25, -0.2) is 0 Å². The molecule has 92 valence electrons. The summed E-state index contributed by atoms with van der Waals surface area (Å²) in [7, 11) is 0. The summed E-state index contributed by atoms with van der Waals surface area (Å²) < 4.78 is 5.23. The van der Waals surface area contributed by atoms with Gasteiger partial charge in [-0.05, 0) is 0 Å². The average molecular weight is 497 g/mol. The van der Waals surface area contributed by atoms with E-state index < -0.39 is 13.3 Å². The SMILES string of the molecule is CC[CH](CC)[Ge]([CH2]I)([CH2]I)[CH](CC)CC. The van der Waals surface area contributed by atoms with Crippen molar-refractivity contribution in [2.75, 3.05) is 6.52 Å². The molecule has 0 nitrogen and oxygen atoms in total. The van der Waals surface area contributed by atoms with Crippen molar-refractivity contribution in [2.24, 2.45) is 0 Å². The van der Waals surface area contributed by atoms with Gasteiger partial charge in [-0.2, -0.15) is 0 Å². The molecule has 0 aliphatic heterocycles. The van der Waals surface area contributed by atoms with Crippen LogP contribution in [-0.2, 0) is 0 Å². The van der Waals surface area contributed by atoms with Crippen molar-refractivity contribution >= 4 is 58.4 Å². The quantitative estimate of drug-likeness (QED) is 0.228. The Hall–Kier alpha value is 2.00. The zero-order valence-electron chi connectivity index (χ0n) is 10.7. The van der Waals surface area contributed by atoms with Crippen LogP contribution in [0, 0.1) is 0 Å². The summed E-state index contributed by atoms with van der Waals surface area (Å²) in [5, 5.41) is 0. The maximum absolute atomic E-state index is 2.70. The molecule has 15 heavy (non-hydrogen) atoms. The second-order valence-electron chi connectivity index (χ2n) is 4.53. The molecular formula is C12H26GeI2. The fourth-order valence-corrected chi connectivity index (χ4v) is 34.3. The second kappa shape index (κ2) is 9.00. The number of rotatable bonds is 8. The molecule has 0 aromatic carbocycles. The van der Waals surface area contributed by atoms with Crippen LogP contribution in [0.15, 0.2) is 0 Å². The summed E-state index contributed by atoms with van der Waals surface area (Å²) in [6.45, 7) is 9.65. The van der Waals surface area contributed by atoms with Crippen LogP contribution >= 0.6 is 45.2 Å². The Kier molecular flexibility index (Phi) is 10.2. The van der Waals surface area contributed by atoms with Crippen molar-refractivity contribution in [2.45, 2.75) is 62.9 Å². The van der Waals surface area contributed by atoms with Crippen molar-refractivity contribution in [1.82, 2.24) is 0 Å². The summed E-state index contributed by atoms with van der Waals surface area (Å²) in [4.78, 5) is 0. The maximum atomic E-state index is 2.70. The minimum atomic E-state index is -1.60. The Balaban J connectivity index is 4.98. The first-order chi connectivity index (χ1) is 7.16. The van der Waals surface area contributed by atoms with Crippen molar-refractivity contribution in [1.29, 1.82) is 0 Å². The molecule has 0 saturated carbocycles. The van der Waals surface area contributed by atoms with Crippen LogP contribution in [0.2, 0.25) is 9.50 Å². The van der Waals surface area contributed by atoms with Crippen molar-refractivity contribution < 1.29 is 0 Å². The minimum absolute atomic E-state index is 1.10. The van der Waals surface area contributed by atoms with Crippen LogP contribution in [0.25, 0.3) is 0 Å². The average Bonchev–Trinajstić information content (AvgIpc) is 2.29. The molecule has 0 N–H and O–H groups in total. The van der Waals surface area contributed by atoms with Crippen molar-refractivity contribution in [3.05, 3.63) is 0 Å². The van der Waals surface area contributed by atoms with Gasteiger partial charge in [-0.1, -0.05) is 0 Å². The Labute approximate surface area is 126 Å². The third kappa shape index (κ3) is 4.00. The third-order valence-electron chi connectivity index (χ3n) is 4.09. The summed E-state index contributed by atoms with van der Waals surface area (Å²) in [5.74, 6) is 0. The van der Waals surface area contributed by atoms with E-state index in [0.717, 1.165) is 9.50 Å². The van der Waals surface area contributed by atoms with Gasteiger partial charge < -0.3 is 0 Å². The van der Waals surface area contributed by atoms with Gasteiger partial charge in [0.2, 0.25) is 0 Å². The van der Waals surface area contributed by atoms with E-state index in [1.54, 1.807) is 0 Å². The Morgan fingerprint density at radius 2 is 1.00 bits per heavy atom. The van der Waals surface area contributed by atoms with Crippen LogP contribution in [0.4, 0.5) is 0 Å². The molecule has 0 unspecified atom stereocenters. The molecule has 0 atom stereocenters. The molecule has 0 heterocycles. The van der Waals surface area contributed by atoms with Gasteiger partial charge in [0.1, 0.15) is 0 Å². The Bertz CT molecular complexity index is 136. The van der Waals surface area contributed by atoms with Crippen LogP contribution in [0.3, 0.4) is 0 Å². The van der Waals surface area contributed by atoms with E-state index in [0.29, 0.717) is 0 Å². The first-order valence-electron chi connectivity index (χ1n) is 6.28.